The molecule has 0 fully saturated rings. The lowest BCUT2D eigenvalue weighted by Crippen LogP contribution is -2.35. The Morgan fingerprint density at radius 3 is 2.65 bits per heavy atom. The highest BCUT2D eigenvalue weighted by Gasteiger charge is 2.23. The number of benzene rings is 1. The minimum atomic E-state index is -3.18. The second-order valence-electron chi connectivity index (χ2n) is 4.14. The molecule has 0 atom stereocenters. The molecule has 2 rings (SSSR count). The number of aromatic carboxylic acids is 1. The lowest BCUT2D eigenvalue weighted by atomic mass is 9.98. The third kappa shape index (κ3) is 2.48. The van der Waals surface area contributed by atoms with Gasteiger partial charge in [0.1, 0.15) is 0 Å². The van der Waals surface area contributed by atoms with Gasteiger partial charge >= 0.3 is 5.97 Å². The molecule has 92 valence electrons. The first-order valence-electron chi connectivity index (χ1n) is 5.18. The SMILES string of the molecule is CS(=O)(=O)N1CCc2cc(C(=O)O)ccc2C1. The predicted molar refractivity (Wildman–Crippen MR) is 62.4 cm³/mol. The minimum Gasteiger partial charge on any atom is -0.478 e. The number of carboxylic acids is 1. The van der Waals surface area contributed by atoms with E-state index in [1.165, 1.54) is 16.6 Å². The molecule has 0 radical (unpaired) electrons. The van der Waals surface area contributed by atoms with Crippen LogP contribution in [0.3, 0.4) is 0 Å². The van der Waals surface area contributed by atoms with E-state index in [0.717, 1.165) is 11.1 Å². The number of hydrogen-bond acceptors (Lipinski definition) is 3. The zero-order valence-corrected chi connectivity index (χ0v) is 10.2. The molecule has 0 unspecified atom stereocenters. The fourth-order valence-electron chi connectivity index (χ4n) is 1.94. The van der Waals surface area contributed by atoms with Gasteiger partial charge in [0.15, 0.2) is 0 Å². The first-order valence-corrected chi connectivity index (χ1v) is 7.03. The average molecular weight is 255 g/mol. The van der Waals surface area contributed by atoms with Gasteiger partial charge in [0, 0.05) is 13.1 Å². The molecule has 0 spiro atoms. The van der Waals surface area contributed by atoms with E-state index in [1.807, 2.05) is 0 Å². The molecule has 5 nitrogen and oxygen atoms in total. The van der Waals surface area contributed by atoms with E-state index >= 15 is 0 Å². The highest BCUT2D eigenvalue weighted by atomic mass is 32.2. The number of rotatable bonds is 2. The van der Waals surface area contributed by atoms with Gasteiger partial charge in [0.2, 0.25) is 10.0 Å². The Balaban J connectivity index is 2.32. The van der Waals surface area contributed by atoms with Crippen molar-refractivity contribution in [3.05, 3.63) is 34.9 Å². The van der Waals surface area contributed by atoms with Crippen LogP contribution in [0.15, 0.2) is 18.2 Å². The topological polar surface area (TPSA) is 74.7 Å². The van der Waals surface area contributed by atoms with E-state index in [-0.39, 0.29) is 5.56 Å². The van der Waals surface area contributed by atoms with Crippen LogP contribution in [0, 0.1) is 0 Å². The molecule has 17 heavy (non-hydrogen) atoms. The van der Waals surface area contributed by atoms with Crippen LogP contribution >= 0.6 is 0 Å². The fraction of sp³-hybridized carbons (Fsp3) is 0.364. The highest BCUT2D eigenvalue weighted by molar-refractivity contribution is 7.88. The maximum absolute atomic E-state index is 11.4. The lowest BCUT2D eigenvalue weighted by molar-refractivity contribution is 0.0696. The molecule has 0 amide bonds. The smallest absolute Gasteiger partial charge is 0.335 e. The van der Waals surface area contributed by atoms with Crippen molar-refractivity contribution in [3.8, 4) is 0 Å². The Hall–Kier alpha value is -1.40. The lowest BCUT2D eigenvalue weighted by Gasteiger charge is -2.26. The van der Waals surface area contributed by atoms with Gasteiger partial charge in [-0.3, -0.25) is 0 Å². The van der Waals surface area contributed by atoms with Crippen LogP contribution in [0.25, 0.3) is 0 Å². The summed E-state index contributed by atoms with van der Waals surface area (Å²) in [6, 6.07) is 4.82. The maximum atomic E-state index is 11.4. The Morgan fingerprint density at radius 2 is 2.06 bits per heavy atom. The van der Waals surface area contributed by atoms with Crippen molar-refractivity contribution in [1.82, 2.24) is 4.31 Å². The molecule has 0 aliphatic carbocycles. The summed E-state index contributed by atoms with van der Waals surface area (Å²) in [5.74, 6) is -0.960. The molecule has 1 heterocycles. The fourth-order valence-corrected chi connectivity index (χ4v) is 2.74. The summed E-state index contributed by atoms with van der Waals surface area (Å²) in [6.07, 6.45) is 1.74. The van der Waals surface area contributed by atoms with Crippen molar-refractivity contribution in [3.63, 3.8) is 0 Å². The molecular weight excluding hydrogens is 242 g/mol. The van der Waals surface area contributed by atoms with E-state index in [2.05, 4.69) is 0 Å². The van der Waals surface area contributed by atoms with Gasteiger partial charge in [0.25, 0.3) is 0 Å². The van der Waals surface area contributed by atoms with Crippen LogP contribution in [0.2, 0.25) is 0 Å². The molecule has 1 aromatic rings. The molecule has 1 aliphatic heterocycles. The van der Waals surface area contributed by atoms with Crippen molar-refractivity contribution < 1.29 is 18.3 Å². The number of hydrogen-bond donors (Lipinski definition) is 1. The first-order chi connectivity index (χ1) is 7.88. The molecule has 0 saturated heterocycles. The van der Waals surface area contributed by atoms with Crippen molar-refractivity contribution >= 4 is 16.0 Å². The van der Waals surface area contributed by atoms with Gasteiger partial charge in [0.05, 0.1) is 11.8 Å². The number of carboxylic acid groups (broad SMARTS) is 1. The van der Waals surface area contributed by atoms with Crippen molar-refractivity contribution in [2.24, 2.45) is 0 Å². The Morgan fingerprint density at radius 1 is 1.35 bits per heavy atom. The van der Waals surface area contributed by atoms with Gasteiger partial charge in [-0.25, -0.2) is 13.2 Å². The zero-order chi connectivity index (χ0) is 12.6. The van der Waals surface area contributed by atoms with E-state index in [4.69, 9.17) is 5.11 Å². The van der Waals surface area contributed by atoms with E-state index in [9.17, 15) is 13.2 Å². The van der Waals surface area contributed by atoms with Crippen LogP contribution in [0.5, 0.6) is 0 Å². The maximum Gasteiger partial charge on any atom is 0.335 e. The second-order valence-corrected chi connectivity index (χ2v) is 6.12. The molecule has 0 aromatic heterocycles. The highest BCUT2D eigenvalue weighted by Crippen LogP contribution is 2.21. The largest absolute Gasteiger partial charge is 0.478 e. The van der Waals surface area contributed by atoms with Crippen LogP contribution in [-0.4, -0.2) is 36.6 Å². The Kier molecular flexibility index (Phi) is 2.92. The van der Waals surface area contributed by atoms with E-state index < -0.39 is 16.0 Å². The molecule has 1 N–H and O–H groups in total. The number of carbonyl (C=O) groups is 1. The summed E-state index contributed by atoms with van der Waals surface area (Å²) in [5.41, 5.74) is 2.05. The summed E-state index contributed by atoms with van der Waals surface area (Å²) >= 11 is 0. The summed E-state index contributed by atoms with van der Waals surface area (Å²) in [7, 11) is -3.18. The third-order valence-electron chi connectivity index (χ3n) is 2.90. The van der Waals surface area contributed by atoms with Gasteiger partial charge < -0.3 is 5.11 Å². The molecule has 0 bridgehead atoms. The summed E-state index contributed by atoms with van der Waals surface area (Å²) < 4.78 is 24.2. The number of fused-ring (bicyclic) bond motifs is 1. The predicted octanol–water partition coefficient (Wildman–Crippen LogP) is 0.702. The van der Waals surface area contributed by atoms with Crippen molar-refractivity contribution in [1.29, 1.82) is 0 Å². The van der Waals surface area contributed by atoms with Crippen LogP contribution < -0.4 is 0 Å². The number of nitrogens with zero attached hydrogens (tertiary/aromatic N) is 1. The minimum absolute atomic E-state index is 0.247. The number of sulfonamides is 1. The molecule has 0 saturated carbocycles. The van der Waals surface area contributed by atoms with Crippen LogP contribution in [-0.2, 0) is 23.0 Å². The van der Waals surface area contributed by atoms with Gasteiger partial charge in [-0.2, -0.15) is 4.31 Å². The Labute approximate surface area is 99.7 Å². The monoisotopic (exact) mass is 255 g/mol. The van der Waals surface area contributed by atoms with Gasteiger partial charge in [-0.15, -0.1) is 0 Å². The first kappa shape index (κ1) is 12.1. The van der Waals surface area contributed by atoms with Gasteiger partial charge in [-0.05, 0) is 29.7 Å². The molecule has 1 aromatic carbocycles. The van der Waals surface area contributed by atoms with Gasteiger partial charge in [-0.1, -0.05) is 6.07 Å². The molecule has 1 aliphatic rings. The molecule has 6 heteroatoms. The summed E-state index contributed by atoms with van der Waals surface area (Å²) in [4.78, 5) is 10.8. The normalized spacial score (nSPS) is 16.5. The summed E-state index contributed by atoms with van der Waals surface area (Å²) in [6.45, 7) is 0.739. The summed E-state index contributed by atoms with van der Waals surface area (Å²) in [5, 5.41) is 8.86. The average Bonchev–Trinajstić information content (AvgIpc) is 2.26. The van der Waals surface area contributed by atoms with Crippen molar-refractivity contribution in [2.75, 3.05) is 12.8 Å². The standard InChI is InChI=1S/C11H13NO4S/c1-17(15,16)12-5-4-8-6-9(11(13)14)2-3-10(8)7-12/h2-3,6H,4-5,7H2,1H3,(H,13,14). The Bertz CT molecular complexity index is 565. The third-order valence-corrected chi connectivity index (χ3v) is 4.15. The van der Waals surface area contributed by atoms with E-state index in [1.54, 1.807) is 12.1 Å². The van der Waals surface area contributed by atoms with Crippen LogP contribution in [0.1, 0.15) is 21.5 Å². The van der Waals surface area contributed by atoms with Crippen molar-refractivity contribution in [2.45, 2.75) is 13.0 Å². The van der Waals surface area contributed by atoms with Crippen LogP contribution in [0.4, 0.5) is 0 Å². The zero-order valence-electron chi connectivity index (χ0n) is 9.38. The molecular formula is C11H13NO4S. The van der Waals surface area contributed by atoms with E-state index in [0.29, 0.717) is 19.5 Å². The second kappa shape index (κ2) is 4.12. The quantitative estimate of drug-likeness (QED) is 0.844.